The van der Waals surface area contributed by atoms with Crippen LogP contribution in [0.4, 0.5) is 11.5 Å². The van der Waals surface area contributed by atoms with Crippen LogP contribution in [-0.2, 0) is 0 Å². The van der Waals surface area contributed by atoms with Gasteiger partial charge in [-0.1, -0.05) is 0 Å². The second-order valence-electron chi connectivity index (χ2n) is 3.66. The van der Waals surface area contributed by atoms with E-state index in [0.29, 0.717) is 6.04 Å². The summed E-state index contributed by atoms with van der Waals surface area (Å²) in [5.74, 6) is 8.45. The average molecular weight is 224 g/mol. The first-order valence-electron chi connectivity index (χ1n) is 5.08. The summed E-state index contributed by atoms with van der Waals surface area (Å²) in [6, 6.07) is 4.61. The van der Waals surface area contributed by atoms with E-state index in [1.807, 2.05) is 23.9 Å². The fourth-order valence-electron chi connectivity index (χ4n) is 1.79. The van der Waals surface area contributed by atoms with Crippen molar-refractivity contribution in [2.45, 2.75) is 13.0 Å². The molecule has 0 spiro atoms. The Morgan fingerprint density at radius 2 is 2.53 bits per heavy atom. The van der Waals surface area contributed by atoms with E-state index < -0.39 is 0 Å². The Hall–Kier alpha value is -0.940. The number of hydrazine groups is 1. The van der Waals surface area contributed by atoms with E-state index in [0.717, 1.165) is 12.4 Å². The van der Waals surface area contributed by atoms with Crippen LogP contribution in [0.2, 0.25) is 0 Å². The van der Waals surface area contributed by atoms with Gasteiger partial charge in [-0.15, -0.1) is 0 Å². The minimum atomic E-state index is 0.580. The van der Waals surface area contributed by atoms with Crippen molar-refractivity contribution >= 4 is 23.3 Å². The van der Waals surface area contributed by atoms with Gasteiger partial charge >= 0.3 is 0 Å². The van der Waals surface area contributed by atoms with Crippen molar-refractivity contribution in [2.24, 2.45) is 5.84 Å². The number of nitrogens with two attached hydrogens (primary N) is 1. The van der Waals surface area contributed by atoms with E-state index in [-0.39, 0.29) is 0 Å². The number of rotatable bonds is 2. The van der Waals surface area contributed by atoms with Crippen LogP contribution in [0.15, 0.2) is 18.3 Å². The molecule has 0 amide bonds. The summed E-state index contributed by atoms with van der Waals surface area (Å²) in [6.45, 7) is 3.35. The molecule has 0 bridgehead atoms. The van der Waals surface area contributed by atoms with Gasteiger partial charge < -0.3 is 10.3 Å². The number of nitrogen functional groups attached to an aromatic ring is 1. The maximum atomic E-state index is 5.35. The predicted molar refractivity (Wildman–Crippen MR) is 66.2 cm³/mol. The van der Waals surface area contributed by atoms with Crippen molar-refractivity contribution in [3.05, 3.63) is 18.3 Å². The maximum Gasteiger partial charge on any atom is 0.141 e. The Morgan fingerprint density at radius 1 is 1.67 bits per heavy atom. The number of anilines is 2. The van der Waals surface area contributed by atoms with Crippen molar-refractivity contribution in [1.82, 2.24) is 4.98 Å². The zero-order valence-corrected chi connectivity index (χ0v) is 9.63. The van der Waals surface area contributed by atoms with E-state index in [1.165, 1.54) is 17.2 Å². The summed E-state index contributed by atoms with van der Waals surface area (Å²) >= 11 is 2.01. The minimum Gasteiger partial charge on any atom is -0.367 e. The van der Waals surface area contributed by atoms with E-state index in [1.54, 1.807) is 6.20 Å². The second kappa shape index (κ2) is 4.72. The van der Waals surface area contributed by atoms with Gasteiger partial charge in [-0.25, -0.2) is 10.8 Å². The highest BCUT2D eigenvalue weighted by molar-refractivity contribution is 7.99. The number of thioether (sulfide) groups is 1. The van der Waals surface area contributed by atoms with E-state index in [2.05, 4.69) is 22.2 Å². The molecule has 0 aliphatic carbocycles. The number of hydrogen-bond acceptors (Lipinski definition) is 5. The molecule has 4 nitrogen and oxygen atoms in total. The third-order valence-electron chi connectivity index (χ3n) is 2.59. The topological polar surface area (TPSA) is 54.2 Å². The number of nitrogens with one attached hydrogen (secondary N) is 1. The molecule has 1 saturated heterocycles. The van der Waals surface area contributed by atoms with Crippen molar-refractivity contribution in [1.29, 1.82) is 0 Å². The number of hydrogen-bond donors (Lipinski definition) is 2. The molecule has 1 fully saturated rings. The molecule has 1 aliphatic heterocycles. The fourth-order valence-corrected chi connectivity index (χ4v) is 2.80. The van der Waals surface area contributed by atoms with Crippen LogP contribution < -0.4 is 16.2 Å². The molecule has 15 heavy (non-hydrogen) atoms. The summed E-state index contributed by atoms with van der Waals surface area (Å²) in [7, 11) is 0. The van der Waals surface area contributed by atoms with Crippen molar-refractivity contribution in [3.63, 3.8) is 0 Å². The van der Waals surface area contributed by atoms with Crippen molar-refractivity contribution in [3.8, 4) is 0 Å². The second-order valence-corrected chi connectivity index (χ2v) is 4.81. The molecule has 1 unspecified atom stereocenters. The zero-order chi connectivity index (χ0) is 10.7. The first kappa shape index (κ1) is 10.6. The average Bonchev–Trinajstić information content (AvgIpc) is 2.30. The highest BCUT2D eigenvalue weighted by Gasteiger charge is 2.18. The monoisotopic (exact) mass is 224 g/mol. The van der Waals surface area contributed by atoms with E-state index in [4.69, 9.17) is 5.84 Å². The number of aromatic nitrogens is 1. The molecule has 3 N–H and O–H groups in total. The molecule has 82 valence electrons. The molecule has 1 aliphatic rings. The highest BCUT2D eigenvalue weighted by atomic mass is 32.2. The summed E-state index contributed by atoms with van der Waals surface area (Å²) in [4.78, 5) is 6.51. The Labute approximate surface area is 94.2 Å². The Bertz CT molecular complexity index is 331. The molecule has 1 atom stereocenters. The quantitative estimate of drug-likeness (QED) is 0.586. The minimum absolute atomic E-state index is 0.580. The number of pyridine rings is 1. The van der Waals surface area contributed by atoms with Gasteiger partial charge in [0.05, 0.1) is 0 Å². The molecule has 2 rings (SSSR count). The lowest BCUT2D eigenvalue weighted by Gasteiger charge is -2.35. The molecular formula is C10H16N4S. The van der Waals surface area contributed by atoms with Crippen molar-refractivity contribution < 1.29 is 0 Å². The van der Waals surface area contributed by atoms with Gasteiger partial charge in [0.2, 0.25) is 0 Å². The largest absolute Gasteiger partial charge is 0.367 e. The third-order valence-corrected chi connectivity index (χ3v) is 3.78. The first-order valence-corrected chi connectivity index (χ1v) is 6.24. The standard InChI is InChI=1S/C10H16N4S/c1-8-7-15-5-4-14(8)9-2-3-12-10(6-9)13-11/h2-3,6,8H,4-5,7,11H2,1H3,(H,12,13). The lowest BCUT2D eigenvalue weighted by Crippen LogP contribution is -2.40. The van der Waals surface area contributed by atoms with Crippen LogP contribution in [-0.4, -0.2) is 29.1 Å². The highest BCUT2D eigenvalue weighted by Crippen LogP contribution is 2.24. The molecule has 1 aromatic rings. The smallest absolute Gasteiger partial charge is 0.141 e. The normalized spacial score (nSPS) is 21.5. The van der Waals surface area contributed by atoms with Crippen LogP contribution in [0, 0.1) is 0 Å². The molecule has 0 radical (unpaired) electrons. The third kappa shape index (κ3) is 2.35. The van der Waals surface area contributed by atoms with Crippen LogP contribution in [0.5, 0.6) is 0 Å². The van der Waals surface area contributed by atoms with Gasteiger partial charge in [-0.05, 0) is 13.0 Å². The summed E-state index contributed by atoms with van der Waals surface area (Å²) < 4.78 is 0. The zero-order valence-electron chi connectivity index (χ0n) is 8.81. The van der Waals surface area contributed by atoms with Gasteiger partial charge in [-0.2, -0.15) is 11.8 Å². The van der Waals surface area contributed by atoms with Gasteiger partial charge in [0.15, 0.2) is 0 Å². The van der Waals surface area contributed by atoms with Crippen LogP contribution in [0.25, 0.3) is 0 Å². The summed E-state index contributed by atoms with van der Waals surface area (Å²) in [6.07, 6.45) is 1.79. The predicted octanol–water partition coefficient (Wildman–Crippen LogP) is 1.31. The van der Waals surface area contributed by atoms with Gasteiger partial charge in [0.25, 0.3) is 0 Å². The van der Waals surface area contributed by atoms with Crippen LogP contribution in [0.3, 0.4) is 0 Å². The van der Waals surface area contributed by atoms with Gasteiger partial charge in [0.1, 0.15) is 5.82 Å². The van der Waals surface area contributed by atoms with Gasteiger partial charge in [-0.3, -0.25) is 0 Å². The summed E-state index contributed by atoms with van der Waals surface area (Å²) in [5, 5.41) is 0. The SMILES string of the molecule is CC1CSCCN1c1ccnc(NN)c1. The Morgan fingerprint density at radius 3 is 3.27 bits per heavy atom. The Kier molecular flexibility index (Phi) is 3.33. The fraction of sp³-hybridized carbons (Fsp3) is 0.500. The maximum absolute atomic E-state index is 5.35. The lowest BCUT2D eigenvalue weighted by atomic mass is 10.2. The van der Waals surface area contributed by atoms with E-state index in [9.17, 15) is 0 Å². The lowest BCUT2D eigenvalue weighted by molar-refractivity contribution is 0.699. The molecule has 5 heteroatoms. The van der Waals surface area contributed by atoms with Gasteiger partial charge in [0, 0.05) is 42.0 Å². The Balaban J connectivity index is 2.19. The summed E-state index contributed by atoms with van der Waals surface area (Å²) in [5.41, 5.74) is 3.78. The van der Waals surface area contributed by atoms with Crippen LogP contribution >= 0.6 is 11.8 Å². The molecule has 2 heterocycles. The molecule has 0 aromatic carbocycles. The number of nitrogens with zero attached hydrogens (tertiary/aromatic N) is 2. The first-order chi connectivity index (χ1) is 7.31. The van der Waals surface area contributed by atoms with E-state index >= 15 is 0 Å². The molecule has 0 saturated carbocycles. The van der Waals surface area contributed by atoms with Crippen LogP contribution in [0.1, 0.15) is 6.92 Å². The molecular weight excluding hydrogens is 208 g/mol. The molecule has 1 aromatic heterocycles. The van der Waals surface area contributed by atoms with Crippen molar-refractivity contribution in [2.75, 3.05) is 28.4 Å².